The summed E-state index contributed by atoms with van der Waals surface area (Å²) in [6, 6.07) is 6.16. The Morgan fingerprint density at radius 3 is 2.84 bits per heavy atom. The van der Waals surface area contributed by atoms with Crippen molar-refractivity contribution in [1.82, 2.24) is 5.32 Å². The third-order valence-corrected chi connectivity index (χ3v) is 3.56. The Morgan fingerprint density at radius 2 is 2.26 bits per heavy atom. The average Bonchev–Trinajstić information content (AvgIpc) is 2.89. The van der Waals surface area contributed by atoms with E-state index in [4.69, 9.17) is 4.74 Å². The third kappa shape index (κ3) is 3.67. The highest BCUT2D eigenvalue weighted by Crippen LogP contribution is 2.24. The summed E-state index contributed by atoms with van der Waals surface area (Å²) in [6.45, 7) is 6.32. The lowest BCUT2D eigenvalue weighted by Crippen LogP contribution is -2.32. The second-order valence-electron chi connectivity index (χ2n) is 5.45. The number of anilines is 1. The highest BCUT2D eigenvalue weighted by atomic mass is 19.1. The van der Waals surface area contributed by atoms with E-state index in [-0.39, 0.29) is 11.9 Å². The zero-order valence-electron chi connectivity index (χ0n) is 11.9. The summed E-state index contributed by atoms with van der Waals surface area (Å²) in [5.41, 5.74) is 1.63. The van der Waals surface area contributed by atoms with Crippen molar-refractivity contribution in [2.45, 2.75) is 38.9 Å². The highest BCUT2D eigenvalue weighted by molar-refractivity contribution is 5.49. The van der Waals surface area contributed by atoms with E-state index >= 15 is 0 Å². The number of hydrogen-bond donors (Lipinski definition) is 1. The Balaban J connectivity index is 2.05. The van der Waals surface area contributed by atoms with E-state index in [0.29, 0.717) is 24.9 Å². The SMILES string of the molecule is CC(C)NCc1ccc(N(C)C2CCOC2)c(F)c1. The molecule has 1 aliphatic rings. The highest BCUT2D eigenvalue weighted by Gasteiger charge is 2.22. The molecule has 1 aliphatic heterocycles. The molecule has 1 N–H and O–H groups in total. The molecule has 19 heavy (non-hydrogen) atoms. The van der Waals surface area contributed by atoms with E-state index in [1.807, 2.05) is 24.1 Å². The molecule has 2 rings (SSSR count). The molecule has 0 aliphatic carbocycles. The minimum atomic E-state index is -0.155. The fourth-order valence-electron chi connectivity index (χ4n) is 2.29. The molecule has 1 fully saturated rings. The molecule has 1 atom stereocenters. The van der Waals surface area contributed by atoms with E-state index in [9.17, 15) is 4.39 Å². The van der Waals surface area contributed by atoms with Crippen LogP contribution in [0.3, 0.4) is 0 Å². The van der Waals surface area contributed by atoms with Crippen LogP contribution in [-0.4, -0.2) is 32.3 Å². The van der Waals surface area contributed by atoms with Crippen molar-refractivity contribution < 1.29 is 9.13 Å². The lowest BCUT2D eigenvalue weighted by Gasteiger charge is -2.26. The number of hydrogen-bond acceptors (Lipinski definition) is 3. The summed E-state index contributed by atoms with van der Waals surface area (Å²) in [6.07, 6.45) is 0.965. The number of ether oxygens (including phenoxy) is 1. The Labute approximate surface area is 114 Å². The largest absolute Gasteiger partial charge is 0.379 e. The van der Waals surface area contributed by atoms with Crippen molar-refractivity contribution in [3.05, 3.63) is 29.6 Å². The van der Waals surface area contributed by atoms with Gasteiger partial charge in [-0.05, 0) is 24.1 Å². The van der Waals surface area contributed by atoms with Crippen LogP contribution in [0.5, 0.6) is 0 Å². The number of benzene rings is 1. The standard InChI is InChI=1S/C15H23FN2O/c1-11(2)17-9-12-4-5-15(14(16)8-12)18(3)13-6-7-19-10-13/h4-5,8,11,13,17H,6-7,9-10H2,1-3H3. The van der Waals surface area contributed by atoms with Crippen molar-refractivity contribution in [3.63, 3.8) is 0 Å². The molecule has 1 aromatic carbocycles. The van der Waals surface area contributed by atoms with Gasteiger partial charge in [0.05, 0.1) is 18.3 Å². The van der Waals surface area contributed by atoms with Crippen molar-refractivity contribution in [1.29, 1.82) is 0 Å². The number of halogens is 1. The van der Waals surface area contributed by atoms with Gasteiger partial charge in [0.25, 0.3) is 0 Å². The van der Waals surface area contributed by atoms with E-state index < -0.39 is 0 Å². The van der Waals surface area contributed by atoms with Crippen molar-refractivity contribution in [3.8, 4) is 0 Å². The molecule has 1 heterocycles. The maximum atomic E-state index is 14.2. The van der Waals surface area contributed by atoms with Crippen LogP contribution in [-0.2, 0) is 11.3 Å². The van der Waals surface area contributed by atoms with E-state index in [2.05, 4.69) is 19.2 Å². The van der Waals surface area contributed by atoms with Gasteiger partial charge in [-0.3, -0.25) is 0 Å². The van der Waals surface area contributed by atoms with Gasteiger partial charge in [0.2, 0.25) is 0 Å². The summed E-state index contributed by atoms with van der Waals surface area (Å²) in [7, 11) is 1.93. The second-order valence-corrected chi connectivity index (χ2v) is 5.45. The van der Waals surface area contributed by atoms with Crippen LogP contribution in [0, 0.1) is 5.82 Å². The Morgan fingerprint density at radius 1 is 1.47 bits per heavy atom. The van der Waals surface area contributed by atoms with Crippen molar-refractivity contribution in [2.75, 3.05) is 25.2 Å². The Kier molecular flexibility index (Phi) is 4.77. The topological polar surface area (TPSA) is 24.5 Å². The molecular formula is C15H23FN2O. The summed E-state index contributed by atoms with van der Waals surface area (Å²) in [5, 5.41) is 3.29. The van der Waals surface area contributed by atoms with Crippen LogP contribution >= 0.6 is 0 Å². The maximum Gasteiger partial charge on any atom is 0.146 e. The van der Waals surface area contributed by atoms with Gasteiger partial charge in [-0.1, -0.05) is 19.9 Å². The lowest BCUT2D eigenvalue weighted by molar-refractivity contribution is 0.193. The van der Waals surface area contributed by atoms with Crippen LogP contribution in [0.2, 0.25) is 0 Å². The average molecular weight is 266 g/mol. The molecule has 0 bridgehead atoms. The zero-order chi connectivity index (χ0) is 13.8. The summed E-state index contributed by atoms with van der Waals surface area (Å²) in [5.74, 6) is -0.155. The van der Waals surface area contributed by atoms with Crippen LogP contribution in [0.25, 0.3) is 0 Å². The third-order valence-electron chi connectivity index (χ3n) is 3.56. The molecule has 0 amide bonds. The van der Waals surface area contributed by atoms with Crippen LogP contribution in [0.15, 0.2) is 18.2 Å². The van der Waals surface area contributed by atoms with Gasteiger partial charge in [-0.25, -0.2) is 4.39 Å². The van der Waals surface area contributed by atoms with Crippen LogP contribution < -0.4 is 10.2 Å². The predicted octanol–water partition coefficient (Wildman–Crippen LogP) is 2.55. The van der Waals surface area contributed by atoms with E-state index in [1.165, 1.54) is 0 Å². The molecule has 1 saturated heterocycles. The minimum absolute atomic E-state index is 0.155. The number of nitrogens with one attached hydrogen (secondary N) is 1. The molecule has 0 aromatic heterocycles. The van der Waals surface area contributed by atoms with Gasteiger partial charge < -0.3 is 15.0 Å². The molecule has 4 heteroatoms. The summed E-state index contributed by atoms with van der Waals surface area (Å²) in [4.78, 5) is 1.99. The first-order valence-electron chi connectivity index (χ1n) is 6.90. The smallest absolute Gasteiger partial charge is 0.146 e. The quantitative estimate of drug-likeness (QED) is 0.886. The van der Waals surface area contributed by atoms with Crippen LogP contribution in [0.4, 0.5) is 10.1 Å². The number of rotatable bonds is 5. The molecule has 0 radical (unpaired) electrons. The molecule has 0 spiro atoms. The fourth-order valence-corrected chi connectivity index (χ4v) is 2.29. The molecular weight excluding hydrogens is 243 g/mol. The second kappa shape index (κ2) is 6.35. The van der Waals surface area contributed by atoms with Gasteiger partial charge in [0.1, 0.15) is 5.82 Å². The number of likely N-dealkylation sites (N-methyl/N-ethyl adjacent to an activating group) is 1. The monoisotopic (exact) mass is 266 g/mol. The first-order chi connectivity index (χ1) is 9.08. The van der Waals surface area contributed by atoms with Gasteiger partial charge >= 0.3 is 0 Å². The normalized spacial score (nSPS) is 19.1. The fraction of sp³-hybridized carbons (Fsp3) is 0.600. The first kappa shape index (κ1) is 14.3. The van der Waals surface area contributed by atoms with Crippen LogP contribution in [0.1, 0.15) is 25.8 Å². The van der Waals surface area contributed by atoms with Gasteiger partial charge in [-0.15, -0.1) is 0 Å². The molecule has 3 nitrogen and oxygen atoms in total. The maximum absolute atomic E-state index is 14.2. The summed E-state index contributed by atoms with van der Waals surface area (Å²) >= 11 is 0. The molecule has 106 valence electrons. The molecule has 0 saturated carbocycles. The molecule has 1 aromatic rings. The minimum Gasteiger partial charge on any atom is -0.379 e. The first-order valence-corrected chi connectivity index (χ1v) is 6.90. The van der Waals surface area contributed by atoms with Gasteiger partial charge in [0.15, 0.2) is 0 Å². The van der Waals surface area contributed by atoms with Gasteiger partial charge in [-0.2, -0.15) is 0 Å². The predicted molar refractivity (Wildman–Crippen MR) is 76.0 cm³/mol. The summed E-state index contributed by atoms with van der Waals surface area (Å²) < 4.78 is 19.5. The number of nitrogens with zero attached hydrogens (tertiary/aromatic N) is 1. The van der Waals surface area contributed by atoms with Crippen molar-refractivity contribution in [2.24, 2.45) is 0 Å². The van der Waals surface area contributed by atoms with E-state index in [1.54, 1.807) is 6.07 Å². The van der Waals surface area contributed by atoms with Gasteiger partial charge in [0, 0.05) is 26.2 Å². The lowest BCUT2D eigenvalue weighted by atomic mass is 10.1. The van der Waals surface area contributed by atoms with Crippen molar-refractivity contribution >= 4 is 5.69 Å². The Hall–Kier alpha value is -1.13. The Bertz CT molecular complexity index is 417. The zero-order valence-corrected chi connectivity index (χ0v) is 11.9. The molecule has 1 unspecified atom stereocenters. The van der Waals surface area contributed by atoms with E-state index in [0.717, 1.165) is 18.6 Å².